The van der Waals surface area contributed by atoms with Crippen LogP contribution in [-0.4, -0.2) is 32.9 Å². The highest BCUT2D eigenvalue weighted by molar-refractivity contribution is 5.78. The average molecular weight is 245 g/mol. The number of benzene rings is 1. The molecule has 0 radical (unpaired) electrons. The van der Waals surface area contributed by atoms with Gasteiger partial charge in [0, 0.05) is 19.4 Å². The molecule has 0 aliphatic heterocycles. The Morgan fingerprint density at radius 2 is 2.33 bits per heavy atom. The van der Waals surface area contributed by atoms with Crippen LogP contribution < -0.4 is 0 Å². The van der Waals surface area contributed by atoms with Gasteiger partial charge in [-0.1, -0.05) is 12.1 Å². The van der Waals surface area contributed by atoms with Gasteiger partial charge in [0.25, 0.3) is 0 Å². The molecule has 1 amide bonds. The fourth-order valence-electron chi connectivity index (χ4n) is 1.67. The van der Waals surface area contributed by atoms with Crippen LogP contribution in [0.1, 0.15) is 11.4 Å². The summed E-state index contributed by atoms with van der Waals surface area (Å²) in [7, 11) is 1.73. The van der Waals surface area contributed by atoms with E-state index in [0.717, 1.165) is 11.4 Å². The monoisotopic (exact) mass is 245 g/mol. The normalized spacial score (nSPS) is 10.3. The van der Waals surface area contributed by atoms with Crippen LogP contribution in [0.25, 0.3) is 0 Å². The van der Waals surface area contributed by atoms with E-state index < -0.39 is 0 Å². The molecule has 0 spiro atoms. The van der Waals surface area contributed by atoms with E-state index in [1.165, 1.54) is 0 Å². The summed E-state index contributed by atoms with van der Waals surface area (Å²) in [5, 5.41) is 9.33. The van der Waals surface area contributed by atoms with Crippen molar-refractivity contribution in [3.05, 3.63) is 48.0 Å². The number of imidazole rings is 1. The zero-order valence-electron chi connectivity index (χ0n) is 10.1. The molecule has 0 atom stereocenters. The number of hydrogen-bond donors (Lipinski definition) is 2. The molecule has 18 heavy (non-hydrogen) atoms. The molecule has 0 bridgehead atoms. The fraction of sp³-hybridized carbons (Fsp3) is 0.231. The number of H-pyrrole nitrogens is 1. The van der Waals surface area contributed by atoms with Crippen LogP contribution in [0.2, 0.25) is 0 Å². The first-order valence-corrected chi connectivity index (χ1v) is 5.65. The Labute approximate surface area is 105 Å². The number of phenolic OH excluding ortho intramolecular Hbond substituents is 1. The van der Waals surface area contributed by atoms with Crippen LogP contribution in [0, 0.1) is 0 Å². The van der Waals surface area contributed by atoms with Gasteiger partial charge < -0.3 is 15.0 Å². The molecule has 0 fully saturated rings. The quantitative estimate of drug-likeness (QED) is 0.853. The van der Waals surface area contributed by atoms with E-state index in [9.17, 15) is 9.90 Å². The topological polar surface area (TPSA) is 69.2 Å². The number of aromatic hydroxyl groups is 1. The van der Waals surface area contributed by atoms with Gasteiger partial charge in [0.2, 0.25) is 5.91 Å². The van der Waals surface area contributed by atoms with Crippen LogP contribution in [-0.2, 0) is 17.8 Å². The second kappa shape index (κ2) is 5.35. The van der Waals surface area contributed by atoms with Crippen molar-refractivity contribution in [2.75, 3.05) is 7.05 Å². The van der Waals surface area contributed by atoms with Crippen LogP contribution in [0.4, 0.5) is 0 Å². The maximum absolute atomic E-state index is 12.0. The summed E-state index contributed by atoms with van der Waals surface area (Å²) in [4.78, 5) is 20.6. The van der Waals surface area contributed by atoms with Gasteiger partial charge in [0.1, 0.15) is 11.6 Å². The molecule has 94 valence electrons. The maximum Gasteiger partial charge on any atom is 0.227 e. The largest absolute Gasteiger partial charge is 0.508 e. The number of nitrogens with zero attached hydrogens (tertiary/aromatic N) is 2. The zero-order chi connectivity index (χ0) is 13.0. The molecule has 0 saturated carbocycles. The third-order valence-corrected chi connectivity index (χ3v) is 2.63. The second-order valence-corrected chi connectivity index (χ2v) is 4.13. The standard InChI is InChI=1S/C13H15N3O2/c1-16(9-12-14-5-6-15-12)13(18)8-10-3-2-4-11(17)7-10/h2-7,17H,8-9H2,1H3,(H,14,15). The molecule has 2 N–H and O–H groups in total. The van der Waals surface area contributed by atoms with Gasteiger partial charge in [-0.3, -0.25) is 4.79 Å². The highest BCUT2D eigenvalue weighted by Gasteiger charge is 2.11. The van der Waals surface area contributed by atoms with Crippen molar-refractivity contribution in [1.82, 2.24) is 14.9 Å². The molecule has 5 nitrogen and oxygen atoms in total. The van der Waals surface area contributed by atoms with Crippen LogP contribution in [0.5, 0.6) is 5.75 Å². The van der Waals surface area contributed by atoms with Crippen molar-refractivity contribution in [2.24, 2.45) is 0 Å². The summed E-state index contributed by atoms with van der Waals surface area (Å²) in [5.74, 6) is 0.910. The number of aromatic amines is 1. The lowest BCUT2D eigenvalue weighted by Gasteiger charge is -2.15. The number of amides is 1. The first-order valence-electron chi connectivity index (χ1n) is 5.65. The Morgan fingerprint density at radius 3 is 3.00 bits per heavy atom. The molecule has 2 aromatic rings. The van der Waals surface area contributed by atoms with Crippen molar-refractivity contribution < 1.29 is 9.90 Å². The molecule has 1 aromatic carbocycles. The molecule has 0 aliphatic carbocycles. The highest BCUT2D eigenvalue weighted by Crippen LogP contribution is 2.12. The predicted molar refractivity (Wildman–Crippen MR) is 66.9 cm³/mol. The number of likely N-dealkylation sites (N-methyl/N-ethyl adjacent to an activating group) is 1. The summed E-state index contributed by atoms with van der Waals surface area (Å²) in [5.41, 5.74) is 0.797. The van der Waals surface area contributed by atoms with Crippen molar-refractivity contribution in [3.63, 3.8) is 0 Å². The molecule has 0 unspecified atom stereocenters. The van der Waals surface area contributed by atoms with E-state index in [4.69, 9.17) is 0 Å². The van der Waals surface area contributed by atoms with Crippen LogP contribution in [0.3, 0.4) is 0 Å². The van der Waals surface area contributed by atoms with E-state index in [1.54, 1.807) is 42.5 Å². The Bertz CT molecular complexity index is 523. The Hall–Kier alpha value is -2.30. The lowest BCUT2D eigenvalue weighted by atomic mass is 10.1. The van der Waals surface area contributed by atoms with Gasteiger partial charge in [-0.2, -0.15) is 0 Å². The smallest absolute Gasteiger partial charge is 0.227 e. The summed E-state index contributed by atoms with van der Waals surface area (Å²) in [6.45, 7) is 0.449. The SMILES string of the molecule is CN(Cc1ncc[nH]1)C(=O)Cc1cccc(O)c1. The lowest BCUT2D eigenvalue weighted by molar-refractivity contribution is -0.129. The highest BCUT2D eigenvalue weighted by atomic mass is 16.3. The van der Waals surface area contributed by atoms with E-state index in [0.29, 0.717) is 6.54 Å². The van der Waals surface area contributed by atoms with Gasteiger partial charge >= 0.3 is 0 Å². The average Bonchev–Trinajstić information content (AvgIpc) is 2.81. The molecule has 1 heterocycles. The Morgan fingerprint density at radius 1 is 1.50 bits per heavy atom. The molecular formula is C13H15N3O2. The summed E-state index contributed by atoms with van der Waals surface area (Å²) in [6, 6.07) is 6.72. The second-order valence-electron chi connectivity index (χ2n) is 4.13. The van der Waals surface area contributed by atoms with Gasteiger partial charge in [-0.05, 0) is 17.7 Å². The minimum Gasteiger partial charge on any atom is -0.508 e. The Balaban J connectivity index is 1.95. The number of phenols is 1. The van der Waals surface area contributed by atoms with Gasteiger partial charge in [0.15, 0.2) is 0 Å². The van der Waals surface area contributed by atoms with Crippen molar-refractivity contribution in [1.29, 1.82) is 0 Å². The number of nitrogens with one attached hydrogen (secondary N) is 1. The van der Waals surface area contributed by atoms with Crippen molar-refractivity contribution >= 4 is 5.91 Å². The van der Waals surface area contributed by atoms with Crippen molar-refractivity contribution in [3.8, 4) is 5.75 Å². The summed E-state index contributed by atoms with van der Waals surface area (Å²) >= 11 is 0. The number of rotatable bonds is 4. The van der Waals surface area contributed by atoms with E-state index in [-0.39, 0.29) is 18.1 Å². The van der Waals surface area contributed by atoms with Crippen LogP contribution >= 0.6 is 0 Å². The molecular weight excluding hydrogens is 230 g/mol. The van der Waals surface area contributed by atoms with Gasteiger partial charge in [0.05, 0.1) is 13.0 Å². The Kier molecular flexibility index (Phi) is 3.62. The summed E-state index contributed by atoms with van der Waals surface area (Å²) < 4.78 is 0. The first-order chi connectivity index (χ1) is 8.65. The number of carbonyl (C=O) groups is 1. The molecule has 1 aromatic heterocycles. The van der Waals surface area contributed by atoms with Gasteiger partial charge in [-0.15, -0.1) is 0 Å². The first kappa shape index (κ1) is 12.2. The molecule has 0 saturated heterocycles. The van der Waals surface area contributed by atoms with Crippen LogP contribution in [0.15, 0.2) is 36.7 Å². The van der Waals surface area contributed by atoms with E-state index in [2.05, 4.69) is 9.97 Å². The summed E-state index contributed by atoms with van der Waals surface area (Å²) in [6.07, 6.45) is 3.65. The van der Waals surface area contributed by atoms with Crippen molar-refractivity contribution in [2.45, 2.75) is 13.0 Å². The number of carbonyl (C=O) groups excluding carboxylic acids is 1. The molecule has 2 rings (SSSR count). The fourth-order valence-corrected chi connectivity index (χ4v) is 1.67. The number of hydrogen-bond acceptors (Lipinski definition) is 3. The zero-order valence-corrected chi connectivity index (χ0v) is 10.1. The van der Waals surface area contributed by atoms with E-state index >= 15 is 0 Å². The maximum atomic E-state index is 12.0. The third-order valence-electron chi connectivity index (χ3n) is 2.63. The minimum atomic E-state index is -0.0167. The third kappa shape index (κ3) is 3.10. The van der Waals surface area contributed by atoms with E-state index in [1.807, 2.05) is 6.07 Å². The lowest BCUT2D eigenvalue weighted by Crippen LogP contribution is -2.28. The molecule has 0 aliphatic rings. The number of aromatic nitrogens is 2. The minimum absolute atomic E-state index is 0.0167. The predicted octanol–water partition coefficient (Wildman–Crippen LogP) is 1.32. The molecule has 5 heteroatoms. The van der Waals surface area contributed by atoms with Gasteiger partial charge in [-0.25, -0.2) is 4.98 Å².